The van der Waals surface area contributed by atoms with Crippen LogP contribution in [0.1, 0.15) is 44.6 Å². The number of rotatable bonds is 6. The van der Waals surface area contributed by atoms with Gasteiger partial charge in [0.15, 0.2) is 0 Å². The Morgan fingerprint density at radius 1 is 1.12 bits per heavy atom. The first kappa shape index (κ1) is 12.4. The molecule has 0 aromatic heterocycles. The Labute approximate surface area is 105 Å². The van der Waals surface area contributed by atoms with Gasteiger partial charge >= 0.3 is 0 Å². The molecule has 2 nitrogen and oxygen atoms in total. The van der Waals surface area contributed by atoms with E-state index in [2.05, 4.69) is 48.7 Å². The molecular weight excluding hydrogens is 208 g/mol. The average Bonchev–Trinajstić information content (AvgIpc) is 2.27. The van der Waals surface area contributed by atoms with Crippen molar-refractivity contribution in [2.24, 2.45) is 0 Å². The Morgan fingerprint density at radius 3 is 2.35 bits per heavy atom. The van der Waals surface area contributed by atoms with Gasteiger partial charge in [-0.3, -0.25) is 0 Å². The first-order chi connectivity index (χ1) is 8.25. The van der Waals surface area contributed by atoms with Crippen molar-refractivity contribution >= 4 is 5.69 Å². The fraction of sp³-hybridized carbons (Fsp3) is 0.600. The van der Waals surface area contributed by atoms with Gasteiger partial charge in [0.25, 0.3) is 0 Å². The highest BCUT2D eigenvalue weighted by atomic mass is 15.0. The van der Waals surface area contributed by atoms with Gasteiger partial charge in [-0.25, -0.2) is 0 Å². The highest BCUT2D eigenvalue weighted by Crippen LogP contribution is 2.18. The molecule has 0 unspecified atom stereocenters. The predicted molar refractivity (Wildman–Crippen MR) is 74.7 cm³/mol. The smallest absolute Gasteiger partial charge is 0.0340 e. The van der Waals surface area contributed by atoms with Crippen LogP contribution in [-0.4, -0.2) is 19.1 Å². The van der Waals surface area contributed by atoms with Gasteiger partial charge in [-0.15, -0.1) is 0 Å². The van der Waals surface area contributed by atoms with E-state index in [1.165, 1.54) is 30.5 Å². The van der Waals surface area contributed by atoms with Gasteiger partial charge in [-0.1, -0.05) is 32.4 Å². The van der Waals surface area contributed by atoms with Crippen molar-refractivity contribution in [1.82, 2.24) is 5.32 Å². The molecule has 0 radical (unpaired) electrons. The number of hydrogen-bond donors (Lipinski definition) is 2. The first-order valence-corrected chi connectivity index (χ1v) is 6.83. The summed E-state index contributed by atoms with van der Waals surface area (Å²) in [6.45, 7) is 6.53. The normalized spacial score (nSPS) is 15.9. The van der Waals surface area contributed by atoms with E-state index in [9.17, 15) is 0 Å². The summed E-state index contributed by atoms with van der Waals surface area (Å²) in [5.74, 6) is 0.615. The monoisotopic (exact) mass is 232 g/mol. The molecule has 1 fully saturated rings. The van der Waals surface area contributed by atoms with Crippen molar-refractivity contribution in [3.8, 4) is 0 Å². The minimum atomic E-state index is 0.615. The fourth-order valence-electron chi connectivity index (χ4n) is 2.08. The van der Waals surface area contributed by atoms with Crippen LogP contribution in [0, 0.1) is 0 Å². The molecule has 1 aromatic carbocycles. The molecule has 0 aliphatic heterocycles. The Kier molecular flexibility index (Phi) is 4.43. The van der Waals surface area contributed by atoms with Crippen molar-refractivity contribution in [2.45, 2.75) is 45.1 Å². The lowest BCUT2D eigenvalue weighted by molar-refractivity contribution is 0.345. The Morgan fingerprint density at radius 2 is 1.82 bits per heavy atom. The molecule has 94 valence electrons. The van der Waals surface area contributed by atoms with Crippen molar-refractivity contribution in [3.05, 3.63) is 29.8 Å². The third-order valence-electron chi connectivity index (χ3n) is 3.57. The van der Waals surface area contributed by atoms with E-state index in [4.69, 9.17) is 0 Å². The van der Waals surface area contributed by atoms with Gasteiger partial charge in [0.1, 0.15) is 0 Å². The molecule has 2 rings (SSSR count). The van der Waals surface area contributed by atoms with E-state index in [-0.39, 0.29) is 0 Å². The SMILES string of the molecule is CC(C)c1ccc(NCCNC2CCC2)cc1. The Bertz CT molecular complexity index is 325. The zero-order chi connectivity index (χ0) is 12.1. The Balaban J connectivity index is 1.67. The number of benzene rings is 1. The summed E-state index contributed by atoms with van der Waals surface area (Å²) >= 11 is 0. The summed E-state index contributed by atoms with van der Waals surface area (Å²) in [5, 5.41) is 7.01. The van der Waals surface area contributed by atoms with Crippen molar-refractivity contribution in [3.63, 3.8) is 0 Å². The number of hydrogen-bond acceptors (Lipinski definition) is 2. The number of nitrogens with one attached hydrogen (secondary N) is 2. The third-order valence-corrected chi connectivity index (χ3v) is 3.57. The van der Waals surface area contributed by atoms with Gasteiger partial charge in [0, 0.05) is 24.8 Å². The van der Waals surface area contributed by atoms with Crippen LogP contribution in [0.4, 0.5) is 5.69 Å². The molecule has 0 bridgehead atoms. The second-order valence-electron chi connectivity index (χ2n) is 5.29. The predicted octanol–water partition coefficient (Wildman–Crippen LogP) is 3.36. The summed E-state index contributed by atoms with van der Waals surface area (Å²) < 4.78 is 0. The minimum absolute atomic E-state index is 0.615. The van der Waals surface area contributed by atoms with Gasteiger partial charge < -0.3 is 10.6 Å². The molecule has 1 aliphatic rings. The molecule has 2 heteroatoms. The van der Waals surface area contributed by atoms with E-state index in [0.717, 1.165) is 19.1 Å². The topological polar surface area (TPSA) is 24.1 Å². The third kappa shape index (κ3) is 3.74. The molecule has 1 aromatic rings. The van der Waals surface area contributed by atoms with E-state index < -0.39 is 0 Å². The quantitative estimate of drug-likeness (QED) is 0.735. The lowest BCUT2D eigenvalue weighted by Gasteiger charge is -2.26. The highest BCUT2D eigenvalue weighted by molar-refractivity contribution is 5.45. The van der Waals surface area contributed by atoms with Crippen molar-refractivity contribution in [2.75, 3.05) is 18.4 Å². The van der Waals surface area contributed by atoms with Crippen LogP contribution in [0.2, 0.25) is 0 Å². The maximum atomic E-state index is 3.56. The zero-order valence-electron chi connectivity index (χ0n) is 11.0. The maximum Gasteiger partial charge on any atom is 0.0340 e. The van der Waals surface area contributed by atoms with Gasteiger partial charge in [0.05, 0.1) is 0 Å². The van der Waals surface area contributed by atoms with Crippen LogP contribution < -0.4 is 10.6 Å². The summed E-state index contributed by atoms with van der Waals surface area (Å²) in [6.07, 6.45) is 4.13. The zero-order valence-corrected chi connectivity index (χ0v) is 11.0. The molecule has 0 saturated heterocycles. The van der Waals surface area contributed by atoms with Gasteiger partial charge in [-0.2, -0.15) is 0 Å². The van der Waals surface area contributed by atoms with Crippen LogP contribution in [-0.2, 0) is 0 Å². The highest BCUT2D eigenvalue weighted by Gasteiger charge is 2.15. The standard InChI is InChI=1S/C15H24N2/c1-12(2)13-6-8-15(9-7-13)17-11-10-16-14-4-3-5-14/h6-9,12,14,16-17H,3-5,10-11H2,1-2H3. The lowest BCUT2D eigenvalue weighted by atomic mass is 9.93. The average molecular weight is 232 g/mol. The molecule has 0 amide bonds. The molecular formula is C15H24N2. The van der Waals surface area contributed by atoms with E-state index >= 15 is 0 Å². The molecule has 2 N–H and O–H groups in total. The summed E-state index contributed by atoms with van der Waals surface area (Å²) in [7, 11) is 0. The first-order valence-electron chi connectivity index (χ1n) is 6.83. The maximum absolute atomic E-state index is 3.56. The molecule has 1 aliphatic carbocycles. The lowest BCUT2D eigenvalue weighted by Crippen LogP contribution is -2.37. The van der Waals surface area contributed by atoms with Crippen molar-refractivity contribution < 1.29 is 0 Å². The second-order valence-corrected chi connectivity index (χ2v) is 5.29. The minimum Gasteiger partial charge on any atom is -0.384 e. The van der Waals surface area contributed by atoms with E-state index in [0.29, 0.717) is 5.92 Å². The summed E-state index contributed by atoms with van der Waals surface area (Å²) in [4.78, 5) is 0. The number of anilines is 1. The Hall–Kier alpha value is -1.02. The molecule has 17 heavy (non-hydrogen) atoms. The molecule has 0 atom stereocenters. The van der Waals surface area contributed by atoms with Crippen LogP contribution >= 0.6 is 0 Å². The van der Waals surface area contributed by atoms with Gasteiger partial charge in [0.2, 0.25) is 0 Å². The summed E-state index contributed by atoms with van der Waals surface area (Å²) in [6, 6.07) is 9.58. The van der Waals surface area contributed by atoms with E-state index in [1.54, 1.807) is 0 Å². The largest absolute Gasteiger partial charge is 0.384 e. The van der Waals surface area contributed by atoms with Gasteiger partial charge in [-0.05, 0) is 36.5 Å². The van der Waals surface area contributed by atoms with Crippen LogP contribution in [0.15, 0.2) is 24.3 Å². The second kappa shape index (κ2) is 6.06. The summed E-state index contributed by atoms with van der Waals surface area (Å²) in [5.41, 5.74) is 2.63. The van der Waals surface area contributed by atoms with Crippen LogP contribution in [0.3, 0.4) is 0 Å². The van der Waals surface area contributed by atoms with Crippen LogP contribution in [0.25, 0.3) is 0 Å². The van der Waals surface area contributed by atoms with E-state index in [1.807, 2.05) is 0 Å². The fourth-order valence-corrected chi connectivity index (χ4v) is 2.08. The molecule has 0 spiro atoms. The van der Waals surface area contributed by atoms with Crippen LogP contribution in [0.5, 0.6) is 0 Å². The molecule has 1 saturated carbocycles. The van der Waals surface area contributed by atoms with Crippen molar-refractivity contribution in [1.29, 1.82) is 0 Å². The molecule has 0 heterocycles.